The van der Waals surface area contributed by atoms with Gasteiger partial charge in [0.05, 0.1) is 17.8 Å². The minimum Gasteiger partial charge on any atom is -0.364 e. The Morgan fingerprint density at radius 3 is 2.41 bits per heavy atom. The molecule has 0 aliphatic rings. The zero-order valence-corrected chi connectivity index (χ0v) is 21.1. The summed E-state index contributed by atoms with van der Waals surface area (Å²) < 4.78 is 66.9. The van der Waals surface area contributed by atoms with Crippen molar-refractivity contribution in [1.82, 2.24) is 30.2 Å². The summed E-state index contributed by atoms with van der Waals surface area (Å²) >= 11 is 0. The number of benzene rings is 2. The van der Waals surface area contributed by atoms with E-state index in [0.717, 1.165) is 23.3 Å². The number of nitrogens with zero attached hydrogens (tertiary/aromatic N) is 3. The van der Waals surface area contributed by atoms with Crippen LogP contribution in [0.1, 0.15) is 40.3 Å². The molecule has 0 unspecified atom stereocenters. The zero-order valence-electron chi connectivity index (χ0n) is 21.1. The van der Waals surface area contributed by atoms with Gasteiger partial charge >= 0.3 is 11.9 Å². The van der Waals surface area contributed by atoms with Crippen LogP contribution in [0.4, 0.5) is 27.8 Å². The van der Waals surface area contributed by atoms with Gasteiger partial charge in [-0.3, -0.25) is 9.78 Å². The number of fused-ring (bicyclic) bond motifs is 1. The first-order chi connectivity index (χ1) is 19.5. The average molecular weight is 569 g/mol. The van der Waals surface area contributed by atoms with Crippen LogP contribution in [0, 0.1) is 11.6 Å². The van der Waals surface area contributed by atoms with Gasteiger partial charge in [-0.2, -0.15) is 13.2 Å². The third-order valence-corrected chi connectivity index (χ3v) is 6.18. The van der Waals surface area contributed by atoms with Crippen molar-refractivity contribution in [3.8, 4) is 11.1 Å². The summed E-state index contributed by atoms with van der Waals surface area (Å²) in [5.74, 6) is -3.41. The van der Waals surface area contributed by atoms with Gasteiger partial charge in [-0.1, -0.05) is 30.3 Å². The molecule has 5 aromatic rings. The van der Waals surface area contributed by atoms with Gasteiger partial charge < -0.3 is 15.6 Å². The van der Waals surface area contributed by atoms with Crippen molar-refractivity contribution in [1.29, 1.82) is 0 Å². The summed E-state index contributed by atoms with van der Waals surface area (Å²) in [7, 11) is 0. The van der Waals surface area contributed by atoms with Gasteiger partial charge in [-0.05, 0) is 41.8 Å². The van der Waals surface area contributed by atoms with Crippen LogP contribution in [0.2, 0.25) is 0 Å². The van der Waals surface area contributed by atoms with E-state index in [1.807, 2.05) is 0 Å². The molecule has 0 saturated carbocycles. The first kappa shape index (κ1) is 27.4. The minimum atomic E-state index is -4.85. The van der Waals surface area contributed by atoms with Crippen molar-refractivity contribution in [2.45, 2.75) is 25.7 Å². The van der Waals surface area contributed by atoms with Crippen LogP contribution in [0.5, 0.6) is 0 Å². The molecule has 14 heteroatoms. The maximum atomic E-state index is 13.6. The van der Waals surface area contributed by atoms with Gasteiger partial charge in [0.2, 0.25) is 0 Å². The van der Waals surface area contributed by atoms with E-state index < -0.39 is 41.1 Å². The summed E-state index contributed by atoms with van der Waals surface area (Å²) in [6.45, 7) is 1.54. The number of carbonyl (C=O) groups is 1. The molecule has 0 radical (unpaired) electrons. The summed E-state index contributed by atoms with van der Waals surface area (Å²) in [5, 5.41) is 5.29. The van der Waals surface area contributed by atoms with Gasteiger partial charge in [0.25, 0.3) is 5.91 Å². The van der Waals surface area contributed by atoms with Crippen LogP contribution in [0.3, 0.4) is 0 Å². The van der Waals surface area contributed by atoms with E-state index in [1.165, 1.54) is 13.0 Å². The largest absolute Gasteiger partial charge is 0.434 e. The maximum absolute atomic E-state index is 13.6. The van der Waals surface area contributed by atoms with Crippen molar-refractivity contribution < 1.29 is 26.7 Å². The molecule has 9 nitrogen and oxygen atoms in total. The van der Waals surface area contributed by atoms with Crippen molar-refractivity contribution in [3.05, 3.63) is 106 Å². The summed E-state index contributed by atoms with van der Waals surface area (Å²) in [6.07, 6.45) is -2.74. The molecule has 0 spiro atoms. The van der Waals surface area contributed by atoms with Crippen molar-refractivity contribution in [2.24, 2.45) is 0 Å². The van der Waals surface area contributed by atoms with E-state index in [9.17, 15) is 31.5 Å². The fourth-order valence-electron chi connectivity index (χ4n) is 4.02. The number of rotatable bonds is 7. The number of aromatic nitrogens is 5. The quantitative estimate of drug-likeness (QED) is 0.202. The van der Waals surface area contributed by atoms with E-state index in [-0.39, 0.29) is 23.6 Å². The van der Waals surface area contributed by atoms with Gasteiger partial charge in [0.15, 0.2) is 34.5 Å². The monoisotopic (exact) mass is 569 g/mol. The van der Waals surface area contributed by atoms with E-state index >= 15 is 0 Å². The number of alkyl halides is 3. The average Bonchev–Trinajstić information content (AvgIpc) is 3.32. The maximum Gasteiger partial charge on any atom is 0.434 e. The fourth-order valence-corrected chi connectivity index (χ4v) is 4.02. The highest BCUT2D eigenvalue weighted by Crippen LogP contribution is 2.29. The molecule has 210 valence electrons. The van der Waals surface area contributed by atoms with Crippen LogP contribution < -0.4 is 16.3 Å². The number of imidazole rings is 1. The van der Waals surface area contributed by atoms with Crippen LogP contribution in [-0.4, -0.2) is 30.8 Å². The van der Waals surface area contributed by atoms with E-state index in [2.05, 4.69) is 35.6 Å². The van der Waals surface area contributed by atoms with Crippen molar-refractivity contribution >= 4 is 22.9 Å². The van der Waals surface area contributed by atoms with Crippen LogP contribution in [-0.2, 0) is 12.7 Å². The molecule has 1 amide bonds. The molecule has 3 heterocycles. The number of aromatic amines is 2. The highest BCUT2D eigenvalue weighted by molar-refractivity contribution is 5.97. The Balaban J connectivity index is 1.34. The van der Waals surface area contributed by atoms with Crippen LogP contribution in [0.15, 0.2) is 65.7 Å². The molecule has 3 aromatic heterocycles. The van der Waals surface area contributed by atoms with Gasteiger partial charge in [0, 0.05) is 18.3 Å². The summed E-state index contributed by atoms with van der Waals surface area (Å²) in [6, 6.07) is 11.0. The van der Waals surface area contributed by atoms with Gasteiger partial charge in [0.1, 0.15) is 0 Å². The molecule has 0 aliphatic carbocycles. The Morgan fingerprint density at radius 2 is 1.71 bits per heavy atom. The second-order valence-corrected chi connectivity index (χ2v) is 9.07. The Bertz CT molecular complexity index is 1800. The lowest BCUT2D eigenvalue weighted by atomic mass is 10.1. The smallest absolute Gasteiger partial charge is 0.364 e. The first-order valence-corrected chi connectivity index (χ1v) is 12.1. The zero-order chi connectivity index (χ0) is 29.3. The first-order valence-electron chi connectivity index (χ1n) is 12.1. The number of halogens is 5. The predicted molar refractivity (Wildman–Crippen MR) is 139 cm³/mol. The van der Waals surface area contributed by atoms with Gasteiger partial charge in [-0.25, -0.2) is 28.5 Å². The molecule has 4 N–H and O–H groups in total. The minimum absolute atomic E-state index is 0.0851. The second kappa shape index (κ2) is 10.8. The number of H-pyrrole nitrogens is 2. The highest BCUT2D eigenvalue weighted by atomic mass is 19.4. The normalized spacial score (nSPS) is 12.3. The predicted octanol–water partition coefficient (Wildman–Crippen LogP) is 5.11. The molecular weight excluding hydrogens is 549 g/mol. The van der Waals surface area contributed by atoms with Crippen molar-refractivity contribution in [2.75, 3.05) is 5.32 Å². The molecule has 1 atom stereocenters. The van der Waals surface area contributed by atoms with E-state index in [0.29, 0.717) is 22.9 Å². The Labute approximate surface area is 227 Å². The fraction of sp³-hybridized carbons (Fsp3) is 0.148. The van der Waals surface area contributed by atoms with E-state index in [4.69, 9.17) is 0 Å². The number of pyridine rings is 1. The van der Waals surface area contributed by atoms with Crippen LogP contribution in [0.25, 0.3) is 22.3 Å². The molecular formula is C27H20F5N7O2. The molecule has 2 aromatic carbocycles. The Morgan fingerprint density at radius 1 is 0.951 bits per heavy atom. The molecule has 0 bridgehead atoms. The number of carbonyl (C=O) groups excluding carboxylic acids is 1. The highest BCUT2D eigenvalue weighted by Gasteiger charge is 2.35. The van der Waals surface area contributed by atoms with Crippen molar-refractivity contribution in [3.63, 3.8) is 0 Å². The lowest BCUT2D eigenvalue weighted by molar-refractivity contribution is -0.141. The molecule has 0 aliphatic heterocycles. The summed E-state index contributed by atoms with van der Waals surface area (Å²) in [5.41, 5.74) is 1.06. The standard InChI is InChI=1S/C27H20F5N7O2/c1-13(16-6-7-18(28)19(29)8-16)36-25(40)22-24(35-12-21(38-22)27(30,31)32)33-10-14-2-4-15(5-3-14)17-9-20-23(34-11-17)39-26(41)37-20/h2-9,11-13H,10H2,1H3,(H,33,35)(H,36,40)(H2,34,37,39,41)/t13-/m0/s1. The van der Waals surface area contributed by atoms with E-state index in [1.54, 1.807) is 36.5 Å². The number of nitrogens with one attached hydrogen (secondary N) is 4. The molecule has 0 saturated heterocycles. The molecule has 0 fully saturated rings. The topological polar surface area (TPSA) is 128 Å². The molecule has 5 rings (SSSR count). The lowest BCUT2D eigenvalue weighted by Crippen LogP contribution is -2.29. The number of anilines is 1. The number of hydrogen-bond acceptors (Lipinski definition) is 6. The SMILES string of the molecule is C[C@H](NC(=O)c1nc(C(F)(F)F)cnc1NCc1ccc(-c2cnc3[nH]c(=O)[nH]c3c2)cc1)c1ccc(F)c(F)c1. The third-order valence-electron chi connectivity index (χ3n) is 6.18. The van der Waals surface area contributed by atoms with Gasteiger partial charge in [-0.15, -0.1) is 0 Å². The lowest BCUT2D eigenvalue weighted by Gasteiger charge is -2.17. The Kier molecular flexibility index (Phi) is 7.22. The number of amides is 1. The third kappa shape index (κ3) is 6.05. The second-order valence-electron chi connectivity index (χ2n) is 9.07. The molecule has 41 heavy (non-hydrogen) atoms. The van der Waals surface area contributed by atoms with Crippen LogP contribution >= 0.6 is 0 Å². The summed E-state index contributed by atoms with van der Waals surface area (Å²) in [4.78, 5) is 41.1. The Hall–Kier alpha value is -5.14. The number of hydrogen-bond donors (Lipinski definition) is 4.